The molecule has 7 rings (SSSR count). The molecule has 0 spiro atoms. The predicted octanol–water partition coefficient (Wildman–Crippen LogP) is 6.94. The molecule has 7 nitrogen and oxygen atoms in total. The van der Waals surface area contributed by atoms with Crippen LogP contribution in [-0.2, 0) is 4.79 Å². The van der Waals surface area contributed by atoms with Crippen molar-refractivity contribution in [2.45, 2.75) is 26.2 Å². The molecule has 1 aliphatic carbocycles. The molecule has 8 heteroatoms. The molecule has 1 fully saturated rings. The van der Waals surface area contributed by atoms with E-state index in [1.54, 1.807) is 17.5 Å². The lowest BCUT2D eigenvalue weighted by Gasteiger charge is -2.24. The van der Waals surface area contributed by atoms with E-state index in [2.05, 4.69) is 67.7 Å². The first-order chi connectivity index (χ1) is 18.1. The number of H-pyrrole nitrogens is 2. The Kier molecular flexibility index (Phi) is 5.14. The van der Waals surface area contributed by atoms with Gasteiger partial charge in [-0.25, -0.2) is 4.98 Å². The van der Waals surface area contributed by atoms with Crippen molar-refractivity contribution in [3.8, 4) is 33.0 Å². The number of amides is 1. The van der Waals surface area contributed by atoms with Crippen molar-refractivity contribution in [2.24, 2.45) is 5.92 Å². The first-order valence-electron chi connectivity index (χ1n) is 12.4. The molecule has 0 atom stereocenters. The van der Waals surface area contributed by atoms with Gasteiger partial charge in [-0.15, -0.1) is 11.3 Å². The Morgan fingerprint density at radius 2 is 1.95 bits per heavy atom. The summed E-state index contributed by atoms with van der Waals surface area (Å²) >= 11 is 1.78. The minimum atomic E-state index is 0.0854. The van der Waals surface area contributed by atoms with Crippen LogP contribution in [0.1, 0.15) is 24.1 Å². The molecule has 182 valence electrons. The monoisotopic (exact) mass is 504 g/mol. The number of aromatic nitrogens is 5. The molecule has 1 aromatic carbocycles. The number of hydrogen-bond donors (Lipinski definition) is 3. The summed E-state index contributed by atoms with van der Waals surface area (Å²) in [6, 6.07) is 16.7. The second kappa shape index (κ2) is 8.67. The van der Waals surface area contributed by atoms with Gasteiger partial charge in [-0.05, 0) is 67.8 Å². The first-order valence-corrected chi connectivity index (χ1v) is 13.2. The Bertz CT molecular complexity index is 1790. The van der Waals surface area contributed by atoms with Gasteiger partial charge in [-0.3, -0.25) is 14.9 Å². The number of carbonyl (C=O) groups excluding carboxylic acids is 1. The van der Waals surface area contributed by atoms with E-state index < -0.39 is 0 Å². The summed E-state index contributed by atoms with van der Waals surface area (Å²) in [5.74, 6) is 0.214. The molecular formula is C29H24N6OS. The fraction of sp³-hybridized carbons (Fsp3) is 0.172. The SMILES string of the molecule is Cc1ccc(-c2ccnc3[nH]c(-c4n[nH]c5ccc(-c6cncc(NC(=O)C7CCC7)c6)cc45)cc23)s1. The minimum Gasteiger partial charge on any atom is -0.338 e. The first kappa shape index (κ1) is 21.9. The molecule has 1 saturated carbocycles. The number of thiophene rings is 1. The van der Waals surface area contributed by atoms with E-state index in [0.29, 0.717) is 0 Å². The average molecular weight is 505 g/mol. The molecule has 1 amide bonds. The lowest BCUT2D eigenvalue weighted by atomic mass is 9.85. The third kappa shape index (κ3) is 3.90. The van der Waals surface area contributed by atoms with Crippen LogP contribution in [0.25, 0.3) is 54.9 Å². The van der Waals surface area contributed by atoms with Gasteiger partial charge in [0.2, 0.25) is 5.91 Å². The molecule has 5 aromatic heterocycles. The number of aryl methyl sites for hydroxylation is 1. The largest absolute Gasteiger partial charge is 0.338 e. The smallest absolute Gasteiger partial charge is 0.227 e. The molecule has 0 bridgehead atoms. The highest BCUT2D eigenvalue weighted by Crippen LogP contribution is 2.37. The third-order valence-electron chi connectivity index (χ3n) is 7.17. The normalized spacial score (nSPS) is 13.8. The maximum absolute atomic E-state index is 12.4. The second-order valence-corrected chi connectivity index (χ2v) is 10.9. The fourth-order valence-electron chi connectivity index (χ4n) is 4.93. The molecule has 6 aromatic rings. The van der Waals surface area contributed by atoms with Crippen molar-refractivity contribution in [3.63, 3.8) is 0 Å². The quantitative estimate of drug-likeness (QED) is 0.237. The summed E-state index contributed by atoms with van der Waals surface area (Å²) in [4.78, 5) is 27.3. The number of benzene rings is 1. The van der Waals surface area contributed by atoms with Crippen LogP contribution >= 0.6 is 11.3 Å². The molecule has 37 heavy (non-hydrogen) atoms. The number of fused-ring (bicyclic) bond motifs is 2. The predicted molar refractivity (Wildman–Crippen MR) is 148 cm³/mol. The van der Waals surface area contributed by atoms with Crippen LogP contribution in [-0.4, -0.2) is 31.1 Å². The van der Waals surface area contributed by atoms with Gasteiger partial charge in [0.15, 0.2) is 0 Å². The number of rotatable bonds is 5. The molecule has 0 saturated heterocycles. The summed E-state index contributed by atoms with van der Waals surface area (Å²) in [5.41, 5.74) is 7.36. The lowest BCUT2D eigenvalue weighted by molar-refractivity contribution is -0.122. The molecule has 1 aliphatic rings. The van der Waals surface area contributed by atoms with E-state index in [-0.39, 0.29) is 11.8 Å². The van der Waals surface area contributed by atoms with Crippen molar-refractivity contribution in [1.29, 1.82) is 0 Å². The maximum atomic E-state index is 12.4. The van der Waals surface area contributed by atoms with E-state index in [4.69, 9.17) is 0 Å². The van der Waals surface area contributed by atoms with Crippen LogP contribution in [0.15, 0.2) is 67.1 Å². The Hall–Kier alpha value is -4.30. The highest BCUT2D eigenvalue weighted by atomic mass is 32.1. The van der Waals surface area contributed by atoms with E-state index in [9.17, 15) is 4.79 Å². The zero-order chi connectivity index (χ0) is 24.9. The van der Waals surface area contributed by atoms with Gasteiger partial charge in [0, 0.05) is 50.0 Å². The van der Waals surface area contributed by atoms with Crippen molar-refractivity contribution >= 4 is 44.9 Å². The van der Waals surface area contributed by atoms with Crippen molar-refractivity contribution in [3.05, 3.63) is 72.0 Å². The molecule has 5 heterocycles. The van der Waals surface area contributed by atoms with Gasteiger partial charge in [0.05, 0.1) is 23.1 Å². The van der Waals surface area contributed by atoms with Crippen LogP contribution in [0.4, 0.5) is 5.69 Å². The van der Waals surface area contributed by atoms with Gasteiger partial charge in [0.1, 0.15) is 11.3 Å². The van der Waals surface area contributed by atoms with Crippen molar-refractivity contribution < 1.29 is 4.79 Å². The van der Waals surface area contributed by atoms with Gasteiger partial charge >= 0.3 is 0 Å². The molecular weight excluding hydrogens is 480 g/mol. The van der Waals surface area contributed by atoms with Crippen LogP contribution in [0.3, 0.4) is 0 Å². The summed E-state index contributed by atoms with van der Waals surface area (Å²) in [5, 5.41) is 12.9. The maximum Gasteiger partial charge on any atom is 0.227 e. The molecule has 0 unspecified atom stereocenters. The minimum absolute atomic E-state index is 0.0854. The fourth-order valence-corrected chi connectivity index (χ4v) is 5.84. The average Bonchev–Trinajstić information content (AvgIpc) is 3.60. The number of nitrogens with zero attached hydrogens (tertiary/aromatic N) is 3. The Morgan fingerprint density at radius 1 is 1.03 bits per heavy atom. The van der Waals surface area contributed by atoms with Gasteiger partial charge in [-0.2, -0.15) is 5.10 Å². The van der Waals surface area contributed by atoms with Crippen molar-refractivity contribution in [2.75, 3.05) is 5.32 Å². The van der Waals surface area contributed by atoms with Crippen LogP contribution < -0.4 is 5.32 Å². The molecule has 0 radical (unpaired) electrons. The number of pyridine rings is 2. The van der Waals surface area contributed by atoms with Crippen LogP contribution in [0.2, 0.25) is 0 Å². The number of anilines is 1. The standard InChI is InChI=1S/C29H24N6OS/c1-16-5-8-26(37-16)21-9-10-31-28-22(21)13-25(33-28)27-23-12-18(6-7-24(23)34-35-27)19-11-20(15-30-14-19)32-29(36)17-3-2-4-17/h5-15,17H,2-4H2,1H3,(H,31,33)(H,32,36)(H,34,35). The highest BCUT2D eigenvalue weighted by Gasteiger charge is 2.25. The number of aromatic amines is 2. The Morgan fingerprint density at radius 3 is 2.76 bits per heavy atom. The zero-order valence-corrected chi connectivity index (χ0v) is 21.0. The van der Waals surface area contributed by atoms with Gasteiger partial charge < -0.3 is 10.3 Å². The summed E-state index contributed by atoms with van der Waals surface area (Å²) in [6.45, 7) is 2.12. The van der Waals surface area contributed by atoms with Gasteiger partial charge in [0.25, 0.3) is 0 Å². The van der Waals surface area contributed by atoms with Gasteiger partial charge in [-0.1, -0.05) is 12.5 Å². The molecule has 0 aliphatic heterocycles. The van der Waals surface area contributed by atoms with Crippen LogP contribution in [0.5, 0.6) is 0 Å². The van der Waals surface area contributed by atoms with E-state index in [0.717, 1.165) is 75.0 Å². The highest BCUT2D eigenvalue weighted by molar-refractivity contribution is 7.15. The van der Waals surface area contributed by atoms with E-state index >= 15 is 0 Å². The number of nitrogens with one attached hydrogen (secondary N) is 3. The number of carbonyl (C=O) groups is 1. The lowest BCUT2D eigenvalue weighted by Crippen LogP contribution is -2.28. The second-order valence-electron chi connectivity index (χ2n) is 9.63. The third-order valence-corrected chi connectivity index (χ3v) is 8.20. The summed E-state index contributed by atoms with van der Waals surface area (Å²) in [7, 11) is 0. The topological polar surface area (TPSA) is 99.3 Å². The Balaban J connectivity index is 1.26. The summed E-state index contributed by atoms with van der Waals surface area (Å²) in [6.07, 6.45) is 8.43. The molecule has 3 N–H and O–H groups in total. The zero-order valence-electron chi connectivity index (χ0n) is 20.2. The number of hydrogen-bond acceptors (Lipinski definition) is 5. The van der Waals surface area contributed by atoms with Crippen molar-refractivity contribution in [1.82, 2.24) is 25.1 Å². The summed E-state index contributed by atoms with van der Waals surface area (Å²) < 4.78 is 0. The van der Waals surface area contributed by atoms with E-state index in [1.807, 2.05) is 30.6 Å². The van der Waals surface area contributed by atoms with Crippen LogP contribution in [0, 0.1) is 12.8 Å². The van der Waals surface area contributed by atoms with E-state index in [1.165, 1.54) is 9.75 Å². The Labute approximate surface area is 217 Å².